The van der Waals surface area contributed by atoms with E-state index in [0.29, 0.717) is 6.61 Å². The first-order chi connectivity index (χ1) is 10.4. The molecule has 0 radical (unpaired) electrons. The van der Waals surface area contributed by atoms with Crippen LogP contribution in [0, 0.1) is 5.82 Å². The number of hydrogen-bond acceptors (Lipinski definition) is 3. The van der Waals surface area contributed by atoms with Gasteiger partial charge in [-0.05, 0) is 42.8 Å². The second-order valence-electron chi connectivity index (χ2n) is 4.80. The van der Waals surface area contributed by atoms with Gasteiger partial charge in [-0.15, -0.1) is 0 Å². The summed E-state index contributed by atoms with van der Waals surface area (Å²) < 4.78 is 44.5. The van der Waals surface area contributed by atoms with E-state index < -0.39 is 15.8 Å². The molecule has 0 aromatic heterocycles. The van der Waals surface area contributed by atoms with E-state index in [1.54, 1.807) is 12.1 Å². The molecule has 0 saturated heterocycles. The van der Waals surface area contributed by atoms with Gasteiger partial charge in [-0.25, -0.2) is 12.8 Å². The number of benzene rings is 2. The molecule has 22 heavy (non-hydrogen) atoms. The summed E-state index contributed by atoms with van der Waals surface area (Å²) in [6.07, 6.45) is 0. The Morgan fingerprint density at radius 2 is 1.82 bits per heavy atom. The summed E-state index contributed by atoms with van der Waals surface area (Å²) in [7, 11) is -2.25. The third-order valence-corrected chi connectivity index (χ3v) is 4.94. The van der Waals surface area contributed by atoms with Crippen molar-refractivity contribution in [2.45, 2.75) is 18.4 Å². The summed E-state index contributed by atoms with van der Waals surface area (Å²) in [5.41, 5.74) is 0.825. The molecule has 0 unspecified atom stereocenters. The Kier molecular flexibility index (Phi) is 5.15. The van der Waals surface area contributed by atoms with E-state index in [1.165, 1.54) is 29.6 Å². The molecular weight excluding hydrogens is 305 g/mol. The van der Waals surface area contributed by atoms with Crippen LogP contribution in [0.2, 0.25) is 0 Å². The predicted octanol–water partition coefficient (Wildman–Crippen LogP) is 3.05. The van der Waals surface area contributed by atoms with Crippen LogP contribution < -0.4 is 4.74 Å². The number of sulfonamides is 1. The molecular formula is C16H18FNO3S. The molecule has 2 aromatic carbocycles. The van der Waals surface area contributed by atoms with Crippen molar-refractivity contribution >= 4 is 10.0 Å². The third-order valence-electron chi connectivity index (χ3n) is 3.14. The van der Waals surface area contributed by atoms with E-state index in [-0.39, 0.29) is 11.4 Å². The third kappa shape index (κ3) is 3.84. The van der Waals surface area contributed by atoms with Crippen LogP contribution in [0.3, 0.4) is 0 Å². The molecule has 2 rings (SSSR count). The van der Waals surface area contributed by atoms with Gasteiger partial charge in [-0.2, -0.15) is 4.31 Å². The molecule has 0 amide bonds. The lowest BCUT2D eigenvalue weighted by Gasteiger charge is -2.17. The second kappa shape index (κ2) is 6.89. The molecule has 118 valence electrons. The molecule has 4 nitrogen and oxygen atoms in total. The van der Waals surface area contributed by atoms with E-state index in [0.717, 1.165) is 17.4 Å². The van der Waals surface area contributed by atoms with Crippen molar-refractivity contribution in [3.63, 3.8) is 0 Å². The standard InChI is InChI=1S/C16H18FNO3S/c1-3-21-15-9-7-13(8-10-15)12-18(2)22(19,20)16-6-4-5-14(17)11-16/h4-11H,3,12H2,1-2H3. The maximum atomic E-state index is 13.2. The largest absolute Gasteiger partial charge is 0.494 e. The highest BCUT2D eigenvalue weighted by Crippen LogP contribution is 2.19. The van der Waals surface area contributed by atoms with Gasteiger partial charge in [-0.3, -0.25) is 0 Å². The summed E-state index contributed by atoms with van der Waals surface area (Å²) in [4.78, 5) is -0.0547. The Hall–Kier alpha value is -1.92. The maximum absolute atomic E-state index is 13.2. The minimum Gasteiger partial charge on any atom is -0.494 e. The average Bonchev–Trinajstić information content (AvgIpc) is 2.49. The quantitative estimate of drug-likeness (QED) is 0.821. The smallest absolute Gasteiger partial charge is 0.243 e. The summed E-state index contributed by atoms with van der Waals surface area (Å²) in [6, 6.07) is 12.2. The molecule has 0 spiro atoms. The lowest BCUT2D eigenvalue weighted by Crippen LogP contribution is -2.26. The zero-order chi connectivity index (χ0) is 16.2. The highest BCUT2D eigenvalue weighted by atomic mass is 32.2. The van der Waals surface area contributed by atoms with E-state index in [4.69, 9.17) is 4.74 Å². The summed E-state index contributed by atoms with van der Waals surface area (Å²) in [5.74, 6) is 0.164. The molecule has 0 aliphatic rings. The Balaban J connectivity index is 2.15. The van der Waals surface area contributed by atoms with E-state index in [2.05, 4.69) is 0 Å². The first kappa shape index (κ1) is 16.5. The van der Waals surface area contributed by atoms with Crippen LogP contribution in [0.4, 0.5) is 4.39 Å². The molecule has 2 aromatic rings. The molecule has 0 aliphatic carbocycles. The minimum absolute atomic E-state index is 0.0547. The number of ether oxygens (including phenoxy) is 1. The lowest BCUT2D eigenvalue weighted by molar-refractivity contribution is 0.340. The van der Waals surface area contributed by atoms with Crippen LogP contribution in [-0.2, 0) is 16.6 Å². The first-order valence-corrected chi connectivity index (χ1v) is 8.31. The van der Waals surface area contributed by atoms with Gasteiger partial charge in [0.1, 0.15) is 11.6 Å². The highest BCUT2D eigenvalue weighted by molar-refractivity contribution is 7.89. The van der Waals surface area contributed by atoms with Gasteiger partial charge in [0.25, 0.3) is 0 Å². The summed E-state index contributed by atoms with van der Waals surface area (Å²) in [6.45, 7) is 2.67. The number of hydrogen-bond donors (Lipinski definition) is 0. The molecule has 0 fully saturated rings. The van der Waals surface area contributed by atoms with Gasteiger partial charge in [0.05, 0.1) is 11.5 Å². The summed E-state index contributed by atoms with van der Waals surface area (Å²) in [5, 5.41) is 0. The maximum Gasteiger partial charge on any atom is 0.243 e. The highest BCUT2D eigenvalue weighted by Gasteiger charge is 2.21. The van der Waals surface area contributed by atoms with Gasteiger partial charge in [0.2, 0.25) is 10.0 Å². The zero-order valence-electron chi connectivity index (χ0n) is 12.5. The van der Waals surface area contributed by atoms with Crippen molar-refractivity contribution in [1.29, 1.82) is 0 Å². The van der Waals surface area contributed by atoms with Crippen molar-refractivity contribution in [1.82, 2.24) is 4.31 Å². The second-order valence-corrected chi connectivity index (χ2v) is 6.84. The van der Waals surface area contributed by atoms with Crippen molar-refractivity contribution in [2.24, 2.45) is 0 Å². The Labute approximate surface area is 130 Å². The van der Waals surface area contributed by atoms with Crippen LogP contribution in [0.15, 0.2) is 53.4 Å². The SMILES string of the molecule is CCOc1ccc(CN(C)S(=O)(=O)c2cccc(F)c2)cc1. The molecule has 0 atom stereocenters. The number of rotatable bonds is 6. The van der Waals surface area contributed by atoms with Crippen LogP contribution >= 0.6 is 0 Å². The first-order valence-electron chi connectivity index (χ1n) is 6.87. The normalized spacial score (nSPS) is 11.6. The van der Waals surface area contributed by atoms with Crippen LogP contribution in [-0.4, -0.2) is 26.4 Å². The fourth-order valence-electron chi connectivity index (χ4n) is 2.01. The molecule has 0 saturated carbocycles. The Morgan fingerprint density at radius 1 is 1.14 bits per heavy atom. The van der Waals surface area contributed by atoms with E-state index in [9.17, 15) is 12.8 Å². The number of nitrogens with zero attached hydrogens (tertiary/aromatic N) is 1. The van der Waals surface area contributed by atoms with Crippen molar-refractivity contribution in [2.75, 3.05) is 13.7 Å². The fourth-order valence-corrected chi connectivity index (χ4v) is 3.20. The van der Waals surface area contributed by atoms with Gasteiger partial charge >= 0.3 is 0 Å². The van der Waals surface area contributed by atoms with Crippen LogP contribution in [0.25, 0.3) is 0 Å². The van der Waals surface area contributed by atoms with Gasteiger partial charge in [0.15, 0.2) is 0 Å². The molecule has 0 N–H and O–H groups in total. The van der Waals surface area contributed by atoms with Gasteiger partial charge in [0, 0.05) is 13.6 Å². The van der Waals surface area contributed by atoms with E-state index >= 15 is 0 Å². The fraction of sp³-hybridized carbons (Fsp3) is 0.250. The summed E-state index contributed by atoms with van der Waals surface area (Å²) >= 11 is 0. The number of halogens is 1. The van der Waals surface area contributed by atoms with Crippen LogP contribution in [0.5, 0.6) is 5.75 Å². The monoisotopic (exact) mass is 323 g/mol. The topological polar surface area (TPSA) is 46.6 Å². The van der Waals surface area contributed by atoms with E-state index in [1.807, 2.05) is 19.1 Å². The van der Waals surface area contributed by atoms with Crippen molar-refractivity contribution in [3.8, 4) is 5.75 Å². The predicted molar refractivity (Wildman–Crippen MR) is 82.7 cm³/mol. The van der Waals surface area contributed by atoms with Crippen molar-refractivity contribution in [3.05, 3.63) is 59.9 Å². The molecule has 0 bridgehead atoms. The molecule has 0 heterocycles. The van der Waals surface area contributed by atoms with Crippen molar-refractivity contribution < 1.29 is 17.5 Å². The molecule has 0 aliphatic heterocycles. The van der Waals surface area contributed by atoms with Gasteiger partial charge in [-0.1, -0.05) is 18.2 Å². The zero-order valence-corrected chi connectivity index (χ0v) is 13.3. The Bertz CT molecular complexity index is 729. The average molecular weight is 323 g/mol. The van der Waals surface area contributed by atoms with Crippen LogP contribution in [0.1, 0.15) is 12.5 Å². The molecule has 6 heteroatoms. The minimum atomic E-state index is -3.72. The Morgan fingerprint density at radius 3 is 2.41 bits per heavy atom. The lowest BCUT2D eigenvalue weighted by atomic mass is 10.2. The van der Waals surface area contributed by atoms with Gasteiger partial charge < -0.3 is 4.74 Å².